The molecule has 0 saturated heterocycles. The van der Waals surface area contributed by atoms with E-state index < -0.39 is 5.91 Å². The Labute approximate surface area is 223 Å². The topological polar surface area (TPSA) is 145 Å². The number of nitrogens with zero attached hydrogens (tertiary/aromatic N) is 4. The van der Waals surface area contributed by atoms with E-state index in [1.807, 2.05) is 36.4 Å². The lowest BCUT2D eigenvalue weighted by Gasteiger charge is -2.16. The van der Waals surface area contributed by atoms with Crippen LogP contribution in [0.1, 0.15) is 45.7 Å². The number of nitrogens with one attached hydrogen (secondary N) is 3. The van der Waals surface area contributed by atoms with E-state index in [4.69, 9.17) is 5.73 Å². The van der Waals surface area contributed by atoms with Gasteiger partial charge in [0.2, 0.25) is 0 Å². The molecule has 5 N–H and O–H groups in total. The average molecular weight is 521 g/mol. The molecule has 5 aromatic rings. The number of hydrogen-bond donors (Lipinski definition) is 4. The van der Waals surface area contributed by atoms with Crippen LogP contribution in [0.5, 0.6) is 0 Å². The Morgan fingerprint density at radius 1 is 1.08 bits per heavy atom. The van der Waals surface area contributed by atoms with E-state index in [9.17, 15) is 14.4 Å². The molecule has 0 aliphatic carbocycles. The summed E-state index contributed by atoms with van der Waals surface area (Å²) in [5.41, 5.74) is 11.4. The summed E-state index contributed by atoms with van der Waals surface area (Å²) in [5, 5.41) is 23.4. The van der Waals surface area contributed by atoms with E-state index in [0.29, 0.717) is 24.6 Å². The minimum atomic E-state index is -0.395. The van der Waals surface area contributed by atoms with Crippen LogP contribution in [0.15, 0.2) is 73.1 Å². The summed E-state index contributed by atoms with van der Waals surface area (Å²) in [6, 6.07) is 19.0. The molecule has 0 spiro atoms. The van der Waals surface area contributed by atoms with Gasteiger partial charge in [0.25, 0.3) is 5.91 Å². The van der Waals surface area contributed by atoms with Crippen molar-refractivity contribution < 1.29 is 9.18 Å². The van der Waals surface area contributed by atoms with Gasteiger partial charge in [0.05, 0.1) is 22.9 Å². The van der Waals surface area contributed by atoms with E-state index in [1.54, 1.807) is 25.3 Å². The minimum Gasteiger partial charge on any atom is -0.365 e. The number of benzene rings is 2. The molecular weight excluding hydrogens is 495 g/mol. The molecule has 0 aliphatic heterocycles. The third-order valence-corrected chi connectivity index (χ3v) is 6.42. The number of anilines is 1. The van der Waals surface area contributed by atoms with Gasteiger partial charge in [-0.15, -0.1) is 0 Å². The Morgan fingerprint density at radius 2 is 1.85 bits per heavy atom. The van der Waals surface area contributed by atoms with E-state index in [1.165, 1.54) is 24.4 Å². The number of hydrogen-bond acceptors (Lipinski definition) is 7. The largest absolute Gasteiger partial charge is 0.365 e. The maximum Gasteiger partial charge on any atom is 0.255 e. The van der Waals surface area contributed by atoms with Crippen molar-refractivity contribution in [2.75, 3.05) is 5.32 Å². The number of pyridine rings is 2. The van der Waals surface area contributed by atoms with E-state index in [2.05, 4.69) is 30.8 Å². The number of nitriles is 1. The Hall–Kier alpha value is -5.14. The molecule has 0 saturated carbocycles. The summed E-state index contributed by atoms with van der Waals surface area (Å²) < 4.78 is 13.3. The first-order valence-corrected chi connectivity index (χ1v) is 12.3. The van der Waals surface area contributed by atoms with Crippen LogP contribution in [-0.2, 0) is 13.1 Å². The monoisotopic (exact) mass is 520 g/mol. The van der Waals surface area contributed by atoms with Gasteiger partial charge < -0.3 is 16.4 Å². The predicted molar refractivity (Wildman–Crippen MR) is 146 cm³/mol. The number of carbonyl (C=O) groups is 1. The summed E-state index contributed by atoms with van der Waals surface area (Å²) in [4.78, 5) is 21.8. The van der Waals surface area contributed by atoms with Crippen LogP contribution in [0, 0.1) is 17.1 Å². The highest BCUT2D eigenvalue weighted by atomic mass is 19.1. The zero-order valence-electron chi connectivity index (χ0n) is 21.1. The molecule has 1 atom stereocenters. The number of rotatable bonds is 8. The van der Waals surface area contributed by atoms with Crippen molar-refractivity contribution in [2.45, 2.75) is 26.1 Å². The van der Waals surface area contributed by atoms with Crippen LogP contribution >= 0.6 is 0 Å². The highest BCUT2D eigenvalue weighted by molar-refractivity contribution is 5.99. The van der Waals surface area contributed by atoms with Crippen molar-refractivity contribution in [3.63, 3.8) is 0 Å². The van der Waals surface area contributed by atoms with Gasteiger partial charge in [0, 0.05) is 36.4 Å². The molecule has 39 heavy (non-hydrogen) atoms. The Kier molecular flexibility index (Phi) is 7.25. The second kappa shape index (κ2) is 11.1. The van der Waals surface area contributed by atoms with Gasteiger partial charge >= 0.3 is 0 Å². The van der Waals surface area contributed by atoms with Gasteiger partial charge in [0.15, 0.2) is 5.65 Å². The zero-order chi connectivity index (χ0) is 27.4. The number of nitrogens with two attached hydrogens (primary N) is 1. The Morgan fingerprint density at radius 3 is 2.56 bits per heavy atom. The van der Waals surface area contributed by atoms with Crippen LogP contribution in [0.3, 0.4) is 0 Å². The molecule has 0 fully saturated rings. The Bertz CT molecular complexity index is 1670. The van der Waals surface area contributed by atoms with Gasteiger partial charge in [-0.3, -0.25) is 9.89 Å². The van der Waals surface area contributed by atoms with Gasteiger partial charge in [-0.2, -0.15) is 10.4 Å². The van der Waals surface area contributed by atoms with Crippen molar-refractivity contribution >= 4 is 22.8 Å². The average Bonchev–Trinajstić information content (AvgIpc) is 3.39. The van der Waals surface area contributed by atoms with Gasteiger partial charge in [-0.1, -0.05) is 36.4 Å². The molecule has 10 heteroatoms. The van der Waals surface area contributed by atoms with Gasteiger partial charge in [-0.25, -0.2) is 14.4 Å². The minimum absolute atomic E-state index is 0.245. The lowest BCUT2D eigenvalue weighted by molar-refractivity contribution is 0.0940. The summed E-state index contributed by atoms with van der Waals surface area (Å²) in [6.45, 7) is 2.56. The second-order valence-electron chi connectivity index (χ2n) is 9.03. The van der Waals surface area contributed by atoms with Crippen LogP contribution in [0.25, 0.3) is 22.2 Å². The molecule has 2 aromatic carbocycles. The summed E-state index contributed by atoms with van der Waals surface area (Å²) >= 11 is 0. The number of aromatic amines is 1. The molecule has 1 amide bonds. The maximum atomic E-state index is 13.3. The van der Waals surface area contributed by atoms with Crippen LogP contribution < -0.4 is 16.4 Å². The fourth-order valence-electron chi connectivity index (χ4n) is 4.21. The fraction of sp³-hybridized carbons (Fsp3) is 0.138. The highest BCUT2D eigenvalue weighted by Crippen LogP contribution is 2.25. The number of aromatic nitrogens is 4. The molecule has 3 heterocycles. The molecule has 0 unspecified atom stereocenters. The number of amides is 1. The quantitative estimate of drug-likeness (QED) is 0.234. The third-order valence-electron chi connectivity index (χ3n) is 6.42. The van der Waals surface area contributed by atoms with Crippen molar-refractivity contribution in [3.05, 3.63) is 107 Å². The molecule has 5 rings (SSSR count). The summed E-state index contributed by atoms with van der Waals surface area (Å²) in [7, 11) is 0. The van der Waals surface area contributed by atoms with E-state index >= 15 is 0 Å². The normalized spacial score (nSPS) is 11.6. The van der Waals surface area contributed by atoms with Crippen molar-refractivity contribution in [3.8, 4) is 17.2 Å². The van der Waals surface area contributed by atoms with Crippen molar-refractivity contribution in [1.29, 1.82) is 5.26 Å². The molecule has 0 aliphatic rings. The highest BCUT2D eigenvalue weighted by Gasteiger charge is 2.17. The first-order valence-electron chi connectivity index (χ1n) is 12.3. The lowest BCUT2D eigenvalue weighted by atomic mass is 10.0. The summed E-state index contributed by atoms with van der Waals surface area (Å²) in [6.07, 6.45) is 3.19. The van der Waals surface area contributed by atoms with Gasteiger partial charge in [0.1, 0.15) is 17.7 Å². The van der Waals surface area contributed by atoms with E-state index in [0.717, 1.165) is 33.3 Å². The van der Waals surface area contributed by atoms with Crippen LogP contribution in [0.4, 0.5) is 10.2 Å². The molecule has 0 radical (unpaired) electrons. The van der Waals surface area contributed by atoms with Crippen LogP contribution in [-0.4, -0.2) is 26.1 Å². The predicted octanol–water partition coefficient (Wildman–Crippen LogP) is 4.59. The maximum absolute atomic E-state index is 13.3. The number of halogens is 1. The zero-order valence-corrected chi connectivity index (χ0v) is 21.1. The SMILES string of the molecule is C[C@H](NC(=O)c1cc(C#N)cnc1NCc1ccc(-c2cnc3n[nH]c(CN)c3c2)cc1)c1ccc(F)cc1. The Balaban J connectivity index is 1.30. The van der Waals surface area contributed by atoms with Crippen LogP contribution in [0.2, 0.25) is 0 Å². The molecule has 194 valence electrons. The molecule has 3 aromatic heterocycles. The first kappa shape index (κ1) is 25.5. The number of carbonyl (C=O) groups excluding carboxylic acids is 1. The number of H-pyrrole nitrogens is 1. The molecule has 0 bridgehead atoms. The number of fused-ring (bicyclic) bond motifs is 1. The fourth-order valence-corrected chi connectivity index (χ4v) is 4.21. The first-order chi connectivity index (χ1) is 18.9. The van der Waals surface area contributed by atoms with Crippen molar-refractivity contribution in [1.82, 2.24) is 25.5 Å². The second-order valence-corrected chi connectivity index (χ2v) is 9.03. The van der Waals surface area contributed by atoms with Crippen molar-refractivity contribution in [2.24, 2.45) is 5.73 Å². The van der Waals surface area contributed by atoms with E-state index in [-0.39, 0.29) is 23.0 Å². The lowest BCUT2D eigenvalue weighted by Crippen LogP contribution is -2.28. The third kappa shape index (κ3) is 5.58. The summed E-state index contributed by atoms with van der Waals surface area (Å²) in [5.74, 6) is -0.391. The molecular formula is C29H25FN8O. The smallest absolute Gasteiger partial charge is 0.255 e. The standard InChI is InChI=1S/C29H25FN8O/c1-17(20-6-8-23(30)9-7-20)36-29(39)25-10-19(12-31)15-34-27(25)33-14-18-2-4-21(5-3-18)22-11-24-26(13-32)37-38-28(24)35-16-22/h2-11,15-17H,13-14,32H2,1H3,(H,33,34)(H,36,39)(H,35,37,38)/t17-/m0/s1. The van der Waals surface area contributed by atoms with Gasteiger partial charge in [-0.05, 0) is 47.9 Å². The molecule has 9 nitrogen and oxygen atoms in total.